The van der Waals surface area contributed by atoms with Crippen LogP contribution >= 0.6 is 77.4 Å². The third kappa shape index (κ3) is 3.25. The zero-order valence-corrected chi connectivity index (χ0v) is 15.3. The first kappa shape index (κ1) is 14.3. The Labute approximate surface area is 139 Å². The topological polar surface area (TPSA) is 26.0 Å². The lowest BCUT2D eigenvalue weighted by atomic mass is 10.0. The van der Waals surface area contributed by atoms with Gasteiger partial charge in [0.1, 0.15) is 0 Å². The highest BCUT2D eigenvalue weighted by molar-refractivity contribution is 14.1. The van der Waals surface area contributed by atoms with Crippen LogP contribution in [0.1, 0.15) is 17.2 Å². The van der Waals surface area contributed by atoms with E-state index in [0.717, 1.165) is 22.3 Å². The lowest BCUT2D eigenvalue weighted by Gasteiger charge is -2.13. The summed E-state index contributed by atoms with van der Waals surface area (Å²) in [4.78, 5) is 0. The Kier molecular flexibility index (Phi) is 4.94. The minimum Gasteiger partial charge on any atom is -0.320 e. The summed E-state index contributed by atoms with van der Waals surface area (Å²) in [5, 5.41) is 0.710. The summed E-state index contributed by atoms with van der Waals surface area (Å²) in [5.74, 6) is 0. The number of benzene rings is 1. The Morgan fingerprint density at radius 3 is 2.53 bits per heavy atom. The molecular formula is C11H7Br2ClINS. The van der Waals surface area contributed by atoms with Gasteiger partial charge in [0.15, 0.2) is 0 Å². The first-order chi connectivity index (χ1) is 7.99. The molecule has 0 bridgehead atoms. The van der Waals surface area contributed by atoms with E-state index in [1.54, 1.807) is 11.3 Å². The zero-order chi connectivity index (χ0) is 12.6. The zero-order valence-electron chi connectivity index (χ0n) is 8.38. The largest absolute Gasteiger partial charge is 0.320 e. The molecule has 1 aromatic heterocycles. The molecule has 2 aromatic rings. The molecule has 1 nitrogen and oxygen atoms in total. The Hall–Kier alpha value is 0.860. The summed E-state index contributed by atoms with van der Waals surface area (Å²) >= 11 is 16.9. The van der Waals surface area contributed by atoms with Crippen molar-refractivity contribution in [2.24, 2.45) is 5.73 Å². The first-order valence-corrected chi connectivity index (χ1v) is 8.50. The van der Waals surface area contributed by atoms with E-state index in [4.69, 9.17) is 17.3 Å². The van der Waals surface area contributed by atoms with E-state index in [2.05, 4.69) is 54.5 Å². The van der Waals surface area contributed by atoms with Crippen molar-refractivity contribution in [2.45, 2.75) is 6.04 Å². The third-order valence-corrected chi connectivity index (χ3v) is 5.91. The van der Waals surface area contributed by atoms with Gasteiger partial charge >= 0.3 is 0 Å². The predicted molar refractivity (Wildman–Crippen MR) is 89.9 cm³/mol. The van der Waals surface area contributed by atoms with Crippen LogP contribution < -0.4 is 5.73 Å². The minimum absolute atomic E-state index is 0.169. The molecule has 1 heterocycles. The van der Waals surface area contributed by atoms with Crippen molar-refractivity contribution in [3.05, 3.63) is 51.6 Å². The van der Waals surface area contributed by atoms with Gasteiger partial charge in [0.25, 0.3) is 0 Å². The van der Waals surface area contributed by atoms with Crippen LogP contribution in [0.5, 0.6) is 0 Å². The van der Waals surface area contributed by atoms with Gasteiger partial charge in [0.2, 0.25) is 0 Å². The molecule has 6 heteroatoms. The second-order valence-corrected chi connectivity index (χ2v) is 8.77. The summed E-state index contributed by atoms with van der Waals surface area (Å²) in [6.07, 6.45) is 0. The molecule has 2 rings (SSSR count). The number of nitrogens with two attached hydrogens (primary N) is 1. The van der Waals surface area contributed by atoms with Gasteiger partial charge in [-0.15, -0.1) is 11.3 Å². The van der Waals surface area contributed by atoms with Crippen LogP contribution in [0.25, 0.3) is 0 Å². The molecule has 0 saturated heterocycles. The maximum Gasteiger partial charge on any atom is 0.0761 e. The van der Waals surface area contributed by atoms with Gasteiger partial charge < -0.3 is 5.73 Å². The Balaban J connectivity index is 2.46. The van der Waals surface area contributed by atoms with Crippen LogP contribution in [0, 0.1) is 3.57 Å². The van der Waals surface area contributed by atoms with Gasteiger partial charge in [-0.3, -0.25) is 0 Å². The summed E-state index contributed by atoms with van der Waals surface area (Å²) < 4.78 is 3.23. The molecule has 1 unspecified atom stereocenters. The molecule has 0 fully saturated rings. The highest BCUT2D eigenvalue weighted by Gasteiger charge is 2.17. The molecule has 90 valence electrons. The number of hydrogen-bond donors (Lipinski definition) is 1. The van der Waals surface area contributed by atoms with E-state index in [1.807, 2.05) is 24.3 Å². The molecule has 1 aromatic carbocycles. The van der Waals surface area contributed by atoms with Gasteiger partial charge in [-0.05, 0) is 89.8 Å². The molecule has 17 heavy (non-hydrogen) atoms. The van der Waals surface area contributed by atoms with Crippen LogP contribution in [0.2, 0.25) is 5.02 Å². The van der Waals surface area contributed by atoms with Gasteiger partial charge in [-0.25, -0.2) is 0 Å². The van der Waals surface area contributed by atoms with Crippen molar-refractivity contribution in [1.82, 2.24) is 0 Å². The average Bonchev–Trinajstić information content (AvgIpc) is 2.60. The van der Waals surface area contributed by atoms with Gasteiger partial charge in [0, 0.05) is 8.59 Å². The normalized spacial score (nSPS) is 12.8. The second-order valence-electron chi connectivity index (χ2n) is 3.42. The van der Waals surface area contributed by atoms with E-state index < -0.39 is 0 Å². The van der Waals surface area contributed by atoms with Crippen molar-refractivity contribution in [1.29, 1.82) is 0 Å². The molecule has 0 radical (unpaired) electrons. The van der Waals surface area contributed by atoms with E-state index in [-0.39, 0.29) is 6.04 Å². The SMILES string of the molecule is NC(c1cc(Cl)ccc1I)c1cc(Br)sc1Br. The van der Waals surface area contributed by atoms with Crippen molar-refractivity contribution in [2.75, 3.05) is 0 Å². The monoisotopic (exact) mass is 505 g/mol. The van der Waals surface area contributed by atoms with Crippen LogP contribution in [-0.2, 0) is 0 Å². The minimum atomic E-state index is -0.169. The quantitative estimate of drug-likeness (QED) is 0.528. The molecule has 0 spiro atoms. The molecule has 0 saturated carbocycles. The molecule has 0 aliphatic heterocycles. The summed E-state index contributed by atoms with van der Waals surface area (Å²) in [5.41, 5.74) is 8.41. The highest BCUT2D eigenvalue weighted by atomic mass is 127. The van der Waals surface area contributed by atoms with Gasteiger partial charge in [-0.1, -0.05) is 11.6 Å². The Morgan fingerprint density at radius 2 is 1.94 bits per heavy atom. The summed E-state index contributed by atoms with van der Waals surface area (Å²) in [7, 11) is 0. The smallest absolute Gasteiger partial charge is 0.0761 e. The van der Waals surface area contributed by atoms with E-state index in [9.17, 15) is 0 Å². The number of rotatable bonds is 2. The maximum absolute atomic E-state index is 6.29. The van der Waals surface area contributed by atoms with E-state index in [1.165, 1.54) is 0 Å². The van der Waals surface area contributed by atoms with Crippen LogP contribution in [0.3, 0.4) is 0 Å². The number of halogens is 4. The fourth-order valence-electron chi connectivity index (χ4n) is 1.49. The Bertz CT molecular complexity index is 558. The Morgan fingerprint density at radius 1 is 1.24 bits per heavy atom. The predicted octanol–water partition coefficient (Wildman–Crippen LogP) is 5.58. The maximum atomic E-state index is 6.29. The van der Waals surface area contributed by atoms with E-state index >= 15 is 0 Å². The van der Waals surface area contributed by atoms with Crippen molar-refractivity contribution in [3.8, 4) is 0 Å². The third-order valence-electron chi connectivity index (χ3n) is 2.31. The highest BCUT2D eigenvalue weighted by Crippen LogP contribution is 2.38. The fraction of sp³-hybridized carbons (Fsp3) is 0.0909. The van der Waals surface area contributed by atoms with Crippen LogP contribution in [0.15, 0.2) is 31.8 Å². The molecule has 0 aliphatic rings. The lowest BCUT2D eigenvalue weighted by molar-refractivity contribution is 0.866. The number of hydrogen-bond acceptors (Lipinski definition) is 2. The fourth-order valence-corrected chi connectivity index (χ4v) is 5.27. The lowest BCUT2D eigenvalue weighted by Crippen LogP contribution is -2.13. The average molecular weight is 507 g/mol. The molecular weight excluding hydrogens is 500 g/mol. The summed E-state index contributed by atoms with van der Waals surface area (Å²) in [6, 6.07) is 7.64. The molecule has 0 amide bonds. The van der Waals surface area contributed by atoms with Crippen LogP contribution in [0.4, 0.5) is 0 Å². The van der Waals surface area contributed by atoms with Crippen molar-refractivity contribution >= 4 is 77.4 Å². The molecule has 2 N–H and O–H groups in total. The van der Waals surface area contributed by atoms with Crippen molar-refractivity contribution in [3.63, 3.8) is 0 Å². The molecule has 0 aliphatic carbocycles. The van der Waals surface area contributed by atoms with E-state index in [0.29, 0.717) is 5.02 Å². The molecule has 1 atom stereocenters. The number of thiophene rings is 1. The van der Waals surface area contributed by atoms with Crippen molar-refractivity contribution < 1.29 is 0 Å². The second kappa shape index (κ2) is 5.88. The summed E-state index contributed by atoms with van der Waals surface area (Å²) in [6.45, 7) is 0. The van der Waals surface area contributed by atoms with Gasteiger partial charge in [-0.2, -0.15) is 0 Å². The standard InChI is InChI=1S/C11H7Br2ClINS/c12-9-4-7(11(13)17-9)10(16)6-3-5(14)1-2-8(6)15/h1-4,10H,16H2. The first-order valence-electron chi connectivity index (χ1n) is 4.64. The van der Waals surface area contributed by atoms with Crippen LogP contribution in [-0.4, -0.2) is 0 Å². The van der Waals surface area contributed by atoms with Gasteiger partial charge in [0.05, 0.1) is 13.6 Å².